The molecule has 0 amide bonds. The minimum atomic E-state index is 0.138. The third-order valence-corrected chi connectivity index (χ3v) is 3.45. The molecule has 96 valence electrons. The van der Waals surface area contributed by atoms with Crippen LogP contribution in [0.2, 0.25) is 5.02 Å². The predicted molar refractivity (Wildman–Crippen MR) is 72.8 cm³/mol. The topological polar surface area (TPSA) is 38.0 Å². The van der Waals surface area contributed by atoms with E-state index in [2.05, 4.69) is 4.98 Å². The molecule has 0 saturated heterocycles. The summed E-state index contributed by atoms with van der Waals surface area (Å²) in [6, 6.07) is 7.67. The highest BCUT2D eigenvalue weighted by Gasteiger charge is 2.11. The van der Waals surface area contributed by atoms with Crippen LogP contribution < -0.4 is 0 Å². The second kappa shape index (κ2) is 6.03. The molecule has 1 unspecified atom stereocenters. The number of hydrogen-bond acceptors (Lipinski definition) is 2. The van der Waals surface area contributed by atoms with Crippen LogP contribution in [0.25, 0.3) is 0 Å². The lowest BCUT2D eigenvalue weighted by molar-refractivity contribution is 0.258. The maximum atomic E-state index is 9.49. The van der Waals surface area contributed by atoms with E-state index in [4.69, 9.17) is 11.6 Å². The van der Waals surface area contributed by atoms with Crippen LogP contribution in [0.3, 0.4) is 0 Å². The molecule has 4 heteroatoms. The summed E-state index contributed by atoms with van der Waals surface area (Å²) in [6.45, 7) is 0.145. The smallest absolute Gasteiger partial charge is 0.108 e. The van der Waals surface area contributed by atoms with Crippen LogP contribution in [-0.4, -0.2) is 21.3 Å². The summed E-state index contributed by atoms with van der Waals surface area (Å²) in [6.07, 6.45) is 5.47. The molecule has 0 fully saturated rings. The van der Waals surface area contributed by atoms with E-state index < -0.39 is 0 Å². The fourth-order valence-electron chi connectivity index (χ4n) is 2.04. The molecule has 0 aliphatic rings. The van der Waals surface area contributed by atoms with Crippen molar-refractivity contribution in [1.29, 1.82) is 0 Å². The van der Waals surface area contributed by atoms with E-state index in [9.17, 15) is 5.11 Å². The number of rotatable bonds is 5. The average molecular weight is 265 g/mol. The van der Waals surface area contributed by atoms with Gasteiger partial charge in [-0.15, -0.1) is 0 Å². The lowest BCUT2D eigenvalue weighted by Crippen LogP contribution is -2.07. The van der Waals surface area contributed by atoms with Crippen molar-refractivity contribution >= 4 is 11.6 Å². The average Bonchev–Trinajstić information content (AvgIpc) is 2.78. The predicted octanol–water partition coefficient (Wildman–Crippen LogP) is 2.78. The van der Waals surface area contributed by atoms with Gasteiger partial charge >= 0.3 is 0 Å². The zero-order valence-electron chi connectivity index (χ0n) is 10.4. The first-order chi connectivity index (χ1) is 8.70. The molecule has 0 spiro atoms. The van der Waals surface area contributed by atoms with Crippen molar-refractivity contribution in [3.63, 3.8) is 0 Å². The summed E-state index contributed by atoms with van der Waals surface area (Å²) >= 11 is 5.86. The van der Waals surface area contributed by atoms with E-state index in [0.29, 0.717) is 0 Å². The zero-order chi connectivity index (χ0) is 13.0. The molecule has 3 nitrogen and oxygen atoms in total. The van der Waals surface area contributed by atoms with Gasteiger partial charge in [0.25, 0.3) is 0 Å². The Morgan fingerprint density at radius 1 is 1.33 bits per heavy atom. The second-order valence-corrected chi connectivity index (χ2v) is 4.86. The Morgan fingerprint density at radius 3 is 2.61 bits per heavy atom. The van der Waals surface area contributed by atoms with Gasteiger partial charge in [0.2, 0.25) is 0 Å². The van der Waals surface area contributed by atoms with Crippen molar-refractivity contribution in [2.75, 3.05) is 6.61 Å². The largest absolute Gasteiger partial charge is 0.396 e. The minimum Gasteiger partial charge on any atom is -0.396 e. The summed E-state index contributed by atoms with van der Waals surface area (Å²) in [5, 5.41) is 10.2. The molecule has 2 rings (SSSR count). The number of nitrogens with zero attached hydrogens (tertiary/aromatic N) is 2. The summed E-state index contributed by atoms with van der Waals surface area (Å²) < 4.78 is 2.01. The van der Waals surface area contributed by atoms with Gasteiger partial charge in [-0.2, -0.15) is 0 Å². The molecule has 1 aromatic carbocycles. The molecule has 2 aromatic rings. The highest BCUT2D eigenvalue weighted by molar-refractivity contribution is 6.30. The molecular formula is C14H17ClN2O. The Labute approximate surface area is 112 Å². The van der Waals surface area contributed by atoms with Crippen LogP contribution in [0, 0.1) is 0 Å². The van der Waals surface area contributed by atoms with E-state index in [1.165, 1.54) is 0 Å². The molecule has 0 radical (unpaired) electrons. The highest BCUT2D eigenvalue weighted by Crippen LogP contribution is 2.22. The Bertz CT molecular complexity index is 493. The zero-order valence-corrected chi connectivity index (χ0v) is 11.1. The van der Waals surface area contributed by atoms with Gasteiger partial charge in [-0.1, -0.05) is 23.7 Å². The molecule has 1 heterocycles. The van der Waals surface area contributed by atoms with Gasteiger partial charge in [-0.3, -0.25) is 0 Å². The number of benzene rings is 1. The number of hydrogen-bond donors (Lipinski definition) is 1. The third kappa shape index (κ3) is 3.12. The highest BCUT2D eigenvalue weighted by atomic mass is 35.5. The molecule has 1 atom stereocenters. The van der Waals surface area contributed by atoms with Crippen LogP contribution in [0.5, 0.6) is 0 Å². The fraction of sp³-hybridized carbons (Fsp3) is 0.357. The number of halogens is 1. The molecular weight excluding hydrogens is 248 g/mol. The lowest BCUT2D eigenvalue weighted by atomic mass is 9.95. The minimum absolute atomic E-state index is 0.138. The van der Waals surface area contributed by atoms with Gasteiger partial charge in [-0.05, 0) is 24.1 Å². The number of imidazole rings is 1. The van der Waals surface area contributed by atoms with Gasteiger partial charge in [0.15, 0.2) is 0 Å². The van der Waals surface area contributed by atoms with Crippen molar-refractivity contribution in [3.05, 3.63) is 53.1 Å². The summed E-state index contributed by atoms with van der Waals surface area (Å²) in [7, 11) is 1.98. The van der Waals surface area contributed by atoms with Crippen LogP contribution in [0.4, 0.5) is 0 Å². The van der Waals surface area contributed by atoms with Crippen molar-refractivity contribution < 1.29 is 5.11 Å². The van der Waals surface area contributed by atoms with Crippen LogP contribution in [0.15, 0.2) is 36.7 Å². The van der Waals surface area contributed by atoms with Gasteiger partial charge in [0.05, 0.1) is 0 Å². The van der Waals surface area contributed by atoms with Crippen LogP contribution >= 0.6 is 11.6 Å². The Hall–Kier alpha value is -1.32. The van der Waals surface area contributed by atoms with Crippen molar-refractivity contribution in [2.24, 2.45) is 7.05 Å². The molecule has 0 aliphatic heterocycles. The van der Waals surface area contributed by atoms with Crippen molar-refractivity contribution in [2.45, 2.75) is 18.8 Å². The maximum absolute atomic E-state index is 9.49. The SMILES string of the molecule is Cn1ccnc1CCC(CO)c1ccc(Cl)cc1. The van der Waals surface area contributed by atoms with Crippen molar-refractivity contribution in [3.8, 4) is 0 Å². The molecule has 1 N–H and O–H groups in total. The van der Waals surface area contributed by atoms with E-state index >= 15 is 0 Å². The van der Waals surface area contributed by atoms with E-state index in [1.807, 2.05) is 42.1 Å². The summed E-state index contributed by atoms with van der Waals surface area (Å²) in [4.78, 5) is 4.29. The normalized spacial score (nSPS) is 12.6. The van der Waals surface area contributed by atoms with Gasteiger partial charge in [0.1, 0.15) is 5.82 Å². The Kier molecular flexibility index (Phi) is 4.39. The molecule has 0 aliphatic carbocycles. The Balaban J connectivity index is 2.01. The molecule has 1 aromatic heterocycles. The van der Waals surface area contributed by atoms with E-state index in [0.717, 1.165) is 29.3 Å². The van der Waals surface area contributed by atoms with E-state index in [-0.39, 0.29) is 12.5 Å². The number of aromatic nitrogens is 2. The Morgan fingerprint density at radius 2 is 2.06 bits per heavy atom. The lowest BCUT2D eigenvalue weighted by Gasteiger charge is -2.14. The van der Waals surface area contributed by atoms with Gasteiger partial charge in [-0.25, -0.2) is 4.98 Å². The van der Waals surface area contributed by atoms with Gasteiger partial charge in [0, 0.05) is 43.4 Å². The van der Waals surface area contributed by atoms with Crippen LogP contribution in [0.1, 0.15) is 23.7 Å². The standard InChI is InChI=1S/C14H17ClN2O/c1-17-9-8-16-14(17)7-4-12(10-18)11-2-5-13(15)6-3-11/h2-3,5-6,8-9,12,18H,4,7,10H2,1H3. The summed E-state index contributed by atoms with van der Waals surface area (Å²) in [5.74, 6) is 1.18. The fourth-order valence-corrected chi connectivity index (χ4v) is 2.17. The first-order valence-corrected chi connectivity index (χ1v) is 6.41. The first kappa shape index (κ1) is 13.1. The van der Waals surface area contributed by atoms with Gasteiger partial charge < -0.3 is 9.67 Å². The third-order valence-electron chi connectivity index (χ3n) is 3.20. The molecule has 18 heavy (non-hydrogen) atoms. The maximum Gasteiger partial charge on any atom is 0.108 e. The molecule has 0 bridgehead atoms. The monoisotopic (exact) mass is 264 g/mol. The second-order valence-electron chi connectivity index (χ2n) is 4.42. The van der Waals surface area contributed by atoms with Crippen molar-refractivity contribution in [1.82, 2.24) is 9.55 Å². The number of aliphatic hydroxyl groups is 1. The first-order valence-electron chi connectivity index (χ1n) is 6.03. The van der Waals surface area contributed by atoms with E-state index in [1.54, 1.807) is 6.20 Å². The summed E-state index contributed by atoms with van der Waals surface area (Å²) in [5.41, 5.74) is 1.12. The molecule has 0 saturated carbocycles. The quantitative estimate of drug-likeness (QED) is 0.902. The number of aliphatic hydroxyl groups excluding tert-OH is 1. The number of aryl methyl sites for hydroxylation is 2. The van der Waals surface area contributed by atoms with Crippen LogP contribution in [-0.2, 0) is 13.5 Å².